The van der Waals surface area contributed by atoms with Gasteiger partial charge in [0.1, 0.15) is 18.9 Å². The minimum atomic E-state index is -0.349. The molecule has 2 aromatic rings. The van der Waals surface area contributed by atoms with Crippen LogP contribution in [0.5, 0.6) is 5.75 Å². The molecule has 132 valence electrons. The van der Waals surface area contributed by atoms with Crippen LogP contribution in [0.3, 0.4) is 0 Å². The Labute approximate surface area is 151 Å². The predicted molar refractivity (Wildman–Crippen MR) is 95.6 cm³/mol. The van der Waals surface area contributed by atoms with E-state index in [4.69, 9.17) is 16.3 Å². The number of nitrogens with one attached hydrogen (secondary N) is 3. The minimum Gasteiger partial charge on any atom is -0.488 e. The summed E-state index contributed by atoms with van der Waals surface area (Å²) < 4.78 is 5.59. The lowest BCUT2D eigenvalue weighted by Gasteiger charge is -2.14. The third-order valence-corrected chi connectivity index (χ3v) is 3.68. The number of carbonyl (C=O) groups is 2. The summed E-state index contributed by atoms with van der Waals surface area (Å²) in [7, 11) is 1.88. The van der Waals surface area contributed by atoms with Gasteiger partial charge >= 0.3 is 0 Å². The molecule has 0 aliphatic carbocycles. The second-order valence-corrected chi connectivity index (χ2v) is 5.99. The van der Waals surface area contributed by atoms with E-state index < -0.39 is 0 Å². The second-order valence-electron chi connectivity index (χ2n) is 5.55. The largest absolute Gasteiger partial charge is 0.488 e. The van der Waals surface area contributed by atoms with Gasteiger partial charge in [0.2, 0.25) is 0 Å². The highest BCUT2D eigenvalue weighted by atomic mass is 35.5. The summed E-state index contributed by atoms with van der Waals surface area (Å²) in [5, 5.41) is 0.657. The molecule has 0 spiro atoms. The van der Waals surface area contributed by atoms with Gasteiger partial charge in [0, 0.05) is 10.6 Å². The Bertz CT molecular complexity index is 692. The van der Waals surface area contributed by atoms with Crippen molar-refractivity contribution in [2.24, 2.45) is 0 Å². The predicted octanol–water partition coefficient (Wildman–Crippen LogP) is 0.695. The van der Waals surface area contributed by atoms with Crippen LogP contribution in [0.2, 0.25) is 5.02 Å². The molecular formula is C18H21ClN3O3+. The summed E-state index contributed by atoms with van der Waals surface area (Å²) in [4.78, 5) is 24.6. The summed E-state index contributed by atoms with van der Waals surface area (Å²) in [6.45, 7) is 1.33. The SMILES string of the molecule is C[NH+](CCOc1ccc(Cl)cc1)CC(=O)NNC(=O)c1ccccc1. The van der Waals surface area contributed by atoms with Crippen LogP contribution < -0.4 is 20.5 Å². The van der Waals surface area contributed by atoms with Crippen molar-refractivity contribution in [1.82, 2.24) is 10.9 Å². The van der Waals surface area contributed by atoms with Gasteiger partial charge in [0.05, 0.1) is 7.05 Å². The van der Waals surface area contributed by atoms with Crippen LogP contribution in [0.25, 0.3) is 0 Å². The molecule has 0 fully saturated rings. The maximum absolute atomic E-state index is 11.9. The zero-order chi connectivity index (χ0) is 18.1. The van der Waals surface area contributed by atoms with E-state index in [1.165, 1.54) is 0 Å². The quantitative estimate of drug-likeness (QED) is 0.635. The molecule has 7 heteroatoms. The molecule has 0 heterocycles. The van der Waals surface area contributed by atoms with Gasteiger partial charge in [-0.2, -0.15) is 0 Å². The van der Waals surface area contributed by atoms with Gasteiger partial charge in [-0.15, -0.1) is 0 Å². The number of hydrazine groups is 1. The highest BCUT2D eigenvalue weighted by Crippen LogP contribution is 2.14. The van der Waals surface area contributed by atoms with Gasteiger partial charge in [-0.05, 0) is 36.4 Å². The number of carbonyl (C=O) groups excluding carboxylic acids is 2. The number of hydrogen-bond donors (Lipinski definition) is 3. The van der Waals surface area contributed by atoms with Crippen molar-refractivity contribution in [1.29, 1.82) is 0 Å². The molecular weight excluding hydrogens is 342 g/mol. The number of ether oxygens (including phenoxy) is 1. The van der Waals surface area contributed by atoms with E-state index in [1.54, 1.807) is 48.5 Å². The van der Waals surface area contributed by atoms with Crippen LogP contribution in [0.4, 0.5) is 0 Å². The van der Waals surface area contributed by atoms with Gasteiger partial charge in [0.15, 0.2) is 6.54 Å². The number of quaternary nitrogens is 1. The molecule has 3 N–H and O–H groups in total. The number of likely N-dealkylation sites (N-methyl/N-ethyl adjacent to an activating group) is 1. The Morgan fingerprint density at radius 1 is 1.04 bits per heavy atom. The highest BCUT2D eigenvalue weighted by molar-refractivity contribution is 6.30. The number of rotatable bonds is 7. The van der Waals surface area contributed by atoms with E-state index >= 15 is 0 Å². The van der Waals surface area contributed by atoms with E-state index in [9.17, 15) is 9.59 Å². The van der Waals surface area contributed by atoms with Crippen LogP contribution in [-0.4, -0.2) is 38.6 Å². The topological polar surface area (TPSA) is 71.9 Å². The van der Waals surface area contributed by atoms with Crippen molar-refractivity contribution in [2.45, 2.75) is 0 Å². The van der Waals surface area contributed by atoms with Gasteiger partial charge in [-0.1, -0.05) is 29.8 Å². The molecule has 2 amide bonds. The van der Waals surface area contributed by atoms with E-state index in [1.807, 2.05) is 13.1 Å². The Morgan fingerprint density at radius 3 is 2.40 bits per heavy atom. The Morgan fingerprint density at radius 2 is 1.72 bits per heavy atom. The van der Waals surface area contributed by atoms with Gasteiger partial charge in [-0.25, -0.2) is 0 Å². The second kappa shape index (κ2) is 9.66. The van der Waals surface area contributed by atoms with E-state index in [0.717, 1.165) is 10.6 Å². The smallest absolute Gasteiger partial charge is 0.293 e. The van der Waals surface area contributed by atoms with Crippen LogP contribution >= 0.6 is 11.6 Å². The lowest BCUT2D eigenvalue weighted by atomic mass is 10.2. The van der Waals surface area contributed by atoms with Crippen LogP contribution in [0.15, 0.2) is 54.6 Å². The van der Waals surface area contributed by atoms with Crippen molar-refractivity contribution in [3.05, 3.63) is 65.2 Å². The Balaban J connectivity index is 1.64. The molecule has 1 unspecified atom stereocenters. The average Bonchev–Trinajstić information content (AvgIpc) is 2.62. The Hall–Kier alpha value is -2.57. The summed E-state index contributed by atoms with van der Waals surface area (Å²) in [5.41, 5.74) is 5.29. The fourth-order valence-electron chi connectivity index (χ4n) is 2.07. The number of halogens is 1. The van der Waals surface area contributed by atoms with Crippen molar-refractivity contribution >= 4 is 23.4 Å². The van der Waals surface area contributed by atoms with Gasteiger partial charge in [-0.3, -0.25) is 20.4 Å². The first kappa shape index (κ1) is 18.8. The Kier molecular flexibility index (Phi) is 7.25. The monoisotopic (exact) mass is 362 g/mol. The molecule has 0 saturated heterocycles. The van der Waals surface area contributed by atoms with E-state index in [-0.39, 0.29) is 18.4 Å². The summed E-state index contributed by atoms with van der Waals surface area (Å²) >= 11 is 5.81. The maximum atomic E-state index is 11.9. The fourth-order valence-corrected chi connectivity index (χ4v) is 2.19. The van der Waals surface area contributed by atoms with Crippen molar-refractivity contribution < 1.29 is 19.2 Å². The lowest BCUT2D eigenvalue weighted by molar-refractivity contribution is -0.871. The third-order valence-electron chi connectivity index (χ3n) is 3.42. The van der Waals surface area contributed by atoms with E-state index in [2.05, 4.69) is 10.9 Å². The van der Waals surface area contributed by atoms with Crippen molar-refractivity contribution in [2.75, 3.05) is 26.7 Å². The fraction of sp³-hybridized carbons (Fsp3) is 0.222. The normalized spacial score (nSPS) is 11.4. The summed E-state index contributed by atoms with van der Waals surface area (Å²) in [5.74, 6) is 0.114. The summed E-state index contributed by atoms with van der Waals surface area (Å²) in [6, 6.07) is 15.8. The first-order valence-electron chi connectivity index (χ1n) is 7.88. The number of benzene rings is 2. The zero-order valence-electron chi connectivity index (χ0n) is 13.9. The summed E-state index contributed by atoms with van der Waals surface area (Å²) in [6.07, 6.45) is 0. The minimum absolute atomic E-state index is 0.221. The molecule has 0 bridgehead atoms. The average molecular weight is 363 g/mol. The molecule has 0 aliphatic rings. The van der Waals surface area contributed by atoms with Crippen molar-refractivity contribution in [3.63, 3.8) is 0 Å². The zero-order valence-corrected chi connectivity index (χ0v) is 14.7. The molecule has 1 atom stereocenters. The molecule has 0 aromatic heterocycles. The van der Waals surface area contributed by atoms with Crippen LogP contribution in [0.1, 0.15) is 10.4 Å². The molecule has 0 radical (unpaired) electrons. The molecule has 0 saturated carbocycles. The molecule has 25 heavy (non-hydrogen) atoms. The lowest BCUT2D eigenvalue weighted by Crippen LogP contribution is -3.11. The third kappa shape index (κ3) is 6.82. The molecule has 6 nitrogen and oxygen atoms in total. The highest BCUT2D eigenvalue weighted by Gasteiger charge is 2.11. The first-order chi connectivity index (χ1) is 12.0. The van der Waals surface area contributed by atoms with E-state index in [0.29, 0.717) is 23.7 Å². The standard InChI is InChI=1S/C18H20ClN3O3/c1-22(11-12-25-16-9-7-15(19)8-10-16)13-17(23)20-21-18(24)14-5-3-2-4-6-14/h2-10H,11-13H2,1H3,(H,20,23)(H,21,24)/p+1. The first-order valence-corrected chi connectivity index (χ1v) is 8.26. The maximum Gasteiger partial charge on any atom is 0.293 e. The molecule has 0 aliphatic heterocycles. The van der Waals surface area contributed by atoms with Gasteiger partial charge < -0.3 is 9.64 Å². The number of hydrogen-bond acceptors (Lipinski definition) is 3. The van der Waals surface area contributed by atoms with Crippen LogP contribution in [0, 0.1) is 0 Å². The molecule has 2 aromatic carbocycles. The van der Waals surface area contributed by atoms with Gasteiger partial charge in [0.25, 0.3) is 11.8 Å². The number of amides is 2. The molecule has 2 rings (SSSR count). The van der Waals surface area contributed by atoms with Crippen LogP contribution in [-0.2, 0) is 4.79 Å². The van der Waals surface area contributed by atoms with Crippen molar-refractivity contribution in [3.8, 4) is 5.75 Å².